The van der Waals surface area contributed by atoms with Crippen LogP contribution in [0, 0.1) is 0 Å². The molecule has 8 heteroatoms. The summed E-state index contributed by atoms with van der Waals surface area (Å²) in [4.78, 5) is 12.6. The standard InChI is InChI=1S/C19H22N2O5S/c1-25-16-7-5-6-15(13-16)20-19(22)14-8-9-17(26-2)18(12-14)27(23,24)21-10-3-4-11-21/h5-9,12-13H,3-4,10-11H2,1-2H3,(H,20,22). The second-order valence-electron chi connectivity index (χ2n) is 6.16. The number of hydrogen-bond acceptors (Lipinski definition) is 5. The van der Waals surface area contributed by atoms with E-state index in [0.29, 0.717) is 24.5 Å². The van der Waals surface area contributed by atoms with E-state index in [4.69, 9.17) is 9.47 Å². The van der Waals surface area contributed by atoms with Crippen LogP contribution in [0.3, 0.4) is 0 Å². The Hall–Kier alpha value is -2.58. The van der Waals surface area contributed by atoms with Crippen LogP contribution in [0.15, 0.2) is 47.4 Å². The van der Waals surface area contributed by atoms with Crippen molar-refractivity contribution in [2.75, 3.05) is 32.6 Å². The van der Waals surface area contributed by atoms with Crippen LogP contribution in [-0.2, 0) is 10.0 Å². The van der Waals surface area contributed by atoms with E-state index in [1.165, 1.54) is 29.6 Å². The molecule has 3 rings (SSSR count). The van der Waals surface area contributed by atoms with Crippen LogP contribution < -0.4 is 14.8 Å². The molecule has 0 aliphatic carbocycles. The maximum atomic E-state index is 12.9. The minimum Gasteiger partial charge on any atom is -0.497 e. The molecule has 0 saturated carbocycles. The van der Waals surface area contributed by atoms with Gasteiger partial charge in [0.2, 0.25) is 10.0 Å². The van der Waals surface area contributed by atoms with E-state index in [0.717, 1.165) is 12.8 Å². The molecule has 0 aromatic heterocycles. The SMILES string of the molecule is COc1cccc(NC(=O)c2ccc(OC)c(S(=O)(=O)N3CCCC3)c2)c1. The second-order valence-corrected chi connectivity index (χ2v) is 8.07. The van der Waals surface area contributed by atoms with E-state index in [1.807, 2.05) is 0 Å². The van der Waals surface area contributed by atoms with Crippen LogP contribution in [0.4, 0.5) is 5.69 Å². The lowest BCUT2D eigenvalue weighted by molar-refractivity contribution is 0.102. The summed E-state index contributed by atoms with van der Waals surface area (Å²) in [6.45, 7) is 0.956. The number of ether oxygens (including phenoxy) is 2. The molecule has 1 saturated heterocycles. The molecular formula is C19H22N2O5S. The Morgan fingerprint density at radius 3 is 2.44 bits per heavy atom. The highest BCUT2D eigenvalue weighted by molar-refractivity contribution is 7.89. The number of carbonyl (C=O) groups is 1. The quantitative estimate of drug-likeness (QED) is 0.820. The molecule has 0 atom stereocenters. The zero-order valence-electron chi connectivity index (χ0n) is 15.3. The Kier molecular flexibility index (Phi) is 5.67. The number of rotatable bonds is 6. The largest absolute Gasteiger partial charge is 0.497 e. The molecule has 144 valence electrons. The van der Waals surface area contributed by atoms with Crippen LogP contribution in [0.5, 0.6) is 11.5 Å². The summed E-state index contributed by atoms with van der Waals surface area (Å²) >= 11 is 0. The number of sulfonamides is 1. The van der Waals surface area contributed by atoms with E-state index < -0.39 is 15.9 Å². The summed E-state index contributed by atoms with van der Waals surface area (Å²) in [5, 5.41) is 2.75. The molecule has 0 unspecified atom stereocenters. The fourth-order valence-electron chi connectivity index (χ4n) is 2.99. The number of methoxy groups -OCH3 is 2. The zero-order valence-corrected chi connectivity index (χ0v) is 16.1. The Bertz CT molecular complexity index is 937. The highest BCUT2D eigenvalue weighted by Gasteiger charge is 2.30. The molecule has 2 aromatic rings. The molecule has 1 N–H and O–H groups in total. The Labute approximate surface area is 158 Å². The molecule has 0 bridgehead atoms. The first-order valence-electron chi connectivity index (χ1n) is 8.59. The van der Waals surface area contributed by atoms with Gasteiger partial charge in [-0.05, 0) is 43.2 Å². The van der Waals surface area contributed by atoms with Crippen molar-refractivity contribution < 1.29 is 22.7 Å². The van der Waals surface area contributed by atoms with Crippen molar-refractivity contribution in [3.8, 4) is 11.5 Å². The van der Waals surface area contributed by atoms with Crippen molar-refractivity contribution in [2.45, 2.75) is 17.7 Å². The highest BCUT2D eigenvalue weighted by Crippen LogP contribution is 2.30. The van der Waals surface area contributed by atoms with Gasteiger partial charge >= 0.3 is 0 Å². The number of nitrogens with zero attached hydrogens (tertiary/aromatic N) is 1. The van der Waals surface area contributed by atoms with E-state index >= 15 is 0 Å². The van der Waals surface area contributed by atoms with Gasteiger partial charge in [-0.1, -0.05) is 6.07 Å². The summed E-state index contributed by atoms with van der Waals surface area (Å²) < 4.78 is 37.6. The first-order valence-corrected chi connectivity index (χ1v) is 10.0. The smallest absolute Gasteiger partial charge is 0.255 e. The summed E-state index contributed by atoms with van der Waals surface area (Å²) in [7, 11) is -0.760. The Morgan fingerprint density at radius 2 is 1.78 bits per heavy atom. The fraction of sp³-hybridized carbons (Fsp3) is 0.316. The van der Waals surface area contributed by atoms with Gasteiger partial charge in [-0.2, -0.15) is 4.31 Å². The number of hydrogen-bond donors (Lipinski definition) is 1. The van der Waals surface area contributed by atoms with Gasteiger partial charge in [-0.25, -0.2) is 8.42 Å². The Balaban J connectivity index is 1.91. The van der Waals surface area contributed by atoms with Crippen molar-refractivity contribution >= 4 is 21.6 Å². The Morgan fingerprint density at radius 1 is 1.04 bits per heavy atom. The topological polar surface area (TPSA) is 84.9 Å². The number of anilines is 1. The van der Waals surface area contributed by atoms with Crippen LogP contribution in [0.25, 0.3) is 0 Å². The van der Waals surface area contributed by atoms with E-state index in [2.05, 4.69) is 5.32 Å². The number of amides is 1. The summed E-state index contributed by atoms with van der Waals surface area (Å²) in [5.41, 5.74) is 0.788. The molecule has 0 radical (unpaired) electrons. The van der Waals surface area contributed by atoms with E-state index in [9.17, 15) is 13.2 Å². The summed E-state index contributed by atoms with van der Waals surface area (Å²) in [6, 6.07) is 11.3. The van der Waals surface area contributed by atoms with Crippen LogP contribution in [0.2, 0.25) is 0 Å². The van der Waals surface area contributed by atoms with Crippen LogP contribution in [-0.4, -0.2) is 45.9 Å². The molecular weight excluding hydrogens is 368 g/mol. The lowest BCUT2D eigenvalue weighted by atomic mass is 10.2. The van der Waals surface area contributed by atoms with Crippen molar-refractivity contribution in [1.29, 1.82) is 0 Å². The third kappa shape index (κ3) is 4.06. The van der Waals surface area contributed by atoms with Crippen molar-refractivity contribution in [2.24, 2.45) is 0 Å². The van der Waals surface area contributed by atoms with Gasteiger partial charge in [0, 0.05) is 30.4 Å². The first-order chi connectivity index (χ1) is 13.0. The molecule has 27 heavy (non-hydrogen) atoms. The normalized spacial score (nSPS) is 14.7. The molecule has 1 amide bonds. The third-order valence-corrected chi connectivity index (χ3v) is 6.36. The number of carbonyl (C=O) groups excluding carboxylic acids is 1. The third-order valence-electron chi connectivity index (χ3n) is 4.44. The number of nitrogens with one attached hydrogen (secondary N) is 1. The van der Waals surface area contributed by atoms with Crippen LogP contribution in [0.1, 0.15) is 23.2 Å². The molecule has 7 nitrogen and oxygen atoms in total. The molecule has 1 heterocycles. The average Bonchev–Trinajstić information content (AvgIpc) is 3.23. The van der Waals surface area contributed by atoms with Gasteiger partial charge in [0.05, 0.1) is 14.2 Å². The fourth-order valence-corrected chi connectivity index (χ4v) is 4.69. The van der Waals surface area contributed by atoms with Crippen molar-refractivity contribution in [3.63, 3.8) is 0 Å². The average molecular weight is 390 g/mol. The van der Waals surface area contributed by atoms with Gasteiger partial charge in [-0.15, -0.1) is 0 Å². The van der Waals surface area contributed by atoms with E-state index in [-0.39, 0.29) is 16.2 Å². The van der Waals surface area contributed by atoms with Crippen molar-refractivity contribution in [1.82, 2.24) is 4.31 Å². The van der Waals surface area contributed by atoms with Gasteiger partial charge in [-0.3, -0.25) is 4.79 Å². The van der Waals surface area contributed by atoms with Crippen molar-refractivity contribution in [3.05, 3.63) is 48.0 Å². The summed E-state index contributed by atoms with van der Waals surface area (Å²) in [6.07, 6.45) is 1.66. The zero-order chi connectivity index (χ0) is 19.4. The lowest BCUT2D eigenvalue weighted by Crippen LogP contribution is -2.28. The second kappa shape index (κ2) is 7.98. The number of benzene rings is 2. The molecule has 2 aromatic carbocycles. The maximum Gasteiger partial charge on any atom is 0.255 e. The lowest BCUT2D eigenvalue weighted by Gasteiger charge is -2.18. The van der Waals surface area contributed by atoms with Gasteiger partial charge in [0.1, 0.15) is 16.4 Å². The predicted molar refractivity (Wildman–Crippen MR) is 102 cm³/mol. The first kappa shape index (κ1) is 19.2. The molecule has 1 fully saturated rings. The molecule has 1 aliphatic rings. The highest BCUT2D eigenvalue weighted by atomic mass is 32.2. The minimum absolute atomic E-state index is 0.00481. The maximum absolute atomic E-state index is 12.9. The summed E-state index contributed by atoms with van der Waals surface area (Å²) in [5.74, 6) is 0.420. The minimum atomic E-state index is -3.71. The molecule has 0 spiro atoms. The molecule has 1 aliphatic heterocycles. The van der Waals surface area contributed by atoms with Crippen LogP contribution >= 0.6 is 0 Å². The van der Waals surface area contributed by atoms with Gasteiger partial charge < -0.3 is 14.8 Å². The van der Waals surface area contributed by atoms with Gasteiger partial charge in [0.15, 0.2) is 0 Å². The predicted octanol–water partition coefficient (Wildman–Crippen LogP) is 2.74. The van der Waals surface area contributed by atoms with E-state index in [1.54, 1.807) is 31.4 Å². The van der Waals surface area contributed by atoms with Gasteiger partial charge in [0.25, 0.3) is 5.91 Å². The monoisotopic (exact) mass is 390 g/mol.